The van der Waals surface area contributed by atoms with Gasteiger partial charge in [0, 0.05) is 18.9 Å². The molecule has 4 N–H and O–H groups in total. The largest absolute Gasteiger partial charge is 0.396 e. The van der Waals surface area contributed by atoms with Crippen molar-refractivity contribution in [1.82, 2.24) is 20.6 Å². The predicted octanol–water partition coefficient (Wildman–Crippen LogP) is 0.139. The second-order valence-electron chi connectivity index (χ2n) is 3.69. The summed E-state index contributed by atoms with van der Waals surface area (Å²) in [6.07, 6.45) is 3.05. The molecule has 0 aliphatic carbocycles. The third-order valence-corrected chi connectivity index (χ3v) is 3.45. The lowest BCUT2D eigenvalue weighted by Gasteiger charge is -2.04. The van der Waals surface area contributed by atoms with Gasteiger partial charge in [0.1, 0.15) is 15.2 Å². The molecule has 0 unspecified atom stereocenters. The number of anilines is 1. The number of rotatable bonds is 4. The van der Waals surface area contributed by atoms with E-state index in [2.05, 4.69) is 20.6 Å². The van der Waals surface area contributed by atoms with Crippen molar-refractivity contribution < 1.29 is 9.59 Å². The van der Waals surface area contributed by atoms with Gasteiger partial charge in [-0.05, 0) is 6.92 Å². The van der Waals surface area contributed by atoms with Crippen LogP contribution in [0.4, 0.5) is 5.69 Å². The number of hydrogen-bond acceptors (Lipinski definition) is 6. The average molecular weight is 279 g/mol. The van der Waals surface area contributed by atoms with Crippen molar-refractivity contribution in [2.45, 2.75) is 6.92 Å². The second kappa shape index (κ2) is 5.61. The van der Waals surface area contributed by atoms with Crippen molar-refractivity contribution in [3.63, 3.8) is 0 Å². The molecule has 0 bridgehead atoms. The standard InChI is InChI=1S/C11H13N5O2S/c1-2-13-6(17)5-16-10(18)9-7(12)8-11(19-9)15-4-3-14-8/h3-4H,2,5,12H2,1H3,(H,13,17)(H,16,18). The molecule has 0 spiro atoms. The molecule has 2 aromatic rings. The van der Waals surface area contributed by atoms with Gasteiger partial charge in [-0.2, -0.15) is 0 Å². The first kappa shape index (κ1) is 13.2. The molecule has 0 saturated carbocycles. The summed E-state index contributed by atoms with van der Waals surface area (Å²) in [5.74, 6) is -0.639. The summed E-state index contributed by atoms with van der Waals surface area (Å²) in [6, 6.07) is 0. The molecule has 0 aromatic carbocycles. The Morgan fingerprint density at radius 3 is 2.74 bits per heavy atom. The van der Waals surface area contributed by atoms with Crippen LogP contribution >= 0.6 is 11.3 Å². The lowest BCUT2D eigenvalue weighted by Crippen LogP contribution is -2.36. The Kier molecular flexibility index (Phi) is 3.91. The SMILES string of the molecule is CCNC(=O)CNC(=O)c1sc2nccnc2c1N. The molecule has 0 aliphatic heterocycles. The molecule has 0 aliphatic rings. The molecule has 2 rings (SSSR count). The van der Waals surface area contributed by atoms with Crippen LogP contribution < -0.4 is 16.4 Å². The summed E-state index contributed by atoms with van der Waals surface area (Å²) in [7, 11) is 0. The van der Waals surface area contributed by atoms with E-state index in [9.17, 15) is 9.59 Å². The quantitative estimate of drug-likeness (QED) is 0.737. The highest BCUT2D eigenvalue weighted by molar-refractivity contribution is 7.21. The van der Waals surface area contributed by atoms with Crippen molar-refractivity contribution in [2.75, 3.05) is 18.8 Å². The van der Waals surface area contributed by atoms with Crippen molar-refractivity contribution in [3.05, 3.63) is 17.3 Å². The molecule has 8 heteroatoms. The van der Waals surface area contributed by atoms with Crippen LogP contribution in [0.1, 0.15) is 16.6 Å². The molecule has 7 nitrogen and oxygen atoms in total. The Morgan fingerprint density at radius 2 is 2.05 bits per heavy atom. The number of carbonyl (C=O) groups excluding carboxylic acids is 2. The maximum atomic E-state index is 11.9. The number of amides is 2. The van der Waals surface area contributed by atoms with Crippen LogP contribution in [0, 0.1) is 0 Å². The van der Waals surface area contributed by atoms with Crippen molar-refractivity contribution >= 4 is 39.2 Å². The Labute approximate surface area is 113 Å². The van der Waals surface area contributed by atoms with Gasteiger partial charge < -0.3 is 16.4 Å². The molecule has 0 radical (unpaired) electrons. The fourth-order valence-electron chi connectivity index (χ4n) is 1.51. The number of carbonyl (C=O) groups is 2. The first-order valence-corrected chi connectivity index (χ1v) is 6.49. The molecule has 2 aromatic heterocycles. The summed E-state index contributed by atoms with van der Waals surface area (Å²) >= 11 is 1.15. The summed E-state index contributed by atoms with van der Waals surface area (Å²) in [5, 5.41) is 5.10. The highest BCUT2D eigenvalue weighted by Gasteiger charge is 2.18. The fourth-order valence-corrected chi connectivity index (χ4v) is 2.45. The van der Waals surface area contributed by atoms with Gasteiger partial charge in [0.2, 0.25) is 5.91 Å². The molecule has 100 valence electrons. The van der Waals surface area contributed by atoms with Crippen molar-refractivity contribution in [2.24, 2.45) is 0 Å². The zero-order valence-corrected chi connectivity index (χ0v) is 11.1. The van der Waals surface area contributed by atoms with E-state index < -0.39 is 5.91 Å². The number of nitrogens with zero attached hydrogens (tertiary/aromatic N) is 2. The summed E-state index contributed by atoms with van der Waals surface area (Å²) in [4.78, 5) is 32.3. The molecule has 2 amide bonds. The van der Waals surface area contributed by atoms with Gasteiger partial charge in [-0.25, -0.2) is 9.97 Å². The van der Waals surface area contributed by atoms with E-state index >= 15 is 0 Å². The number of nitrogens with one attached hydrogen (secondary N) is 2. The van der Waals surface area contributed by atoms with Crippen LogP contribution in [0.15, 0.2) is 12.4 Å². The minimum atomic E-state index is -0.395. The normalized spacial score (nSPS) is 10.4. The number of nitrogens with two attached hydrogens (primary N) is 1. The van der Waals surface area contributed by atoms with E-state index in [1.54, 1.807) is 6.92 Å². The van der Waals surface area contributed by atoms with Gasteiger partial charge in [0.25, 0.3) is 5.91 Å². The minimum Gasteiger partial charge on any atom is -0.396 e. The summed E-state index contributed by atoms with van der Waals surface area (Å²) < 4.78 is 0. The molecule has 0 fully saturated rings. The van der Waals surface area contributed by atoms with Gasteiger partial charge in [-0.3, -0.25) is 9.59 Å². The molecule has 0 atom stereocenters. The van der Waals surface area contributed by atoms with E-state index in [0.717, 1.165) is 11.3 Å². The van der Waals surface area contributed by atoms with E-state index in [-0.39, 0.29) is 12.5 Å². The molecular weight excluding hydrogens is 266 g/mol. The van der Waals surface area contributed by atoms with Crippen LogP contribution in [0.3, 0.4) is 0 Å². The topological polar surface area (TPSA) is 110 Å². The highest BCUT2D eigenvalue weighted by Crippen LogP contribution is 2.29. The lowest BCUT2D eigenvalue weighted by atomic mass is 10.3. The van der Waals surface area contributed by atoms with Crippen molar-refractivity contribution in [3.8, 4) is 0 Å². The summed E-state index contributed by atoms with van der Waals surface area (Å²) in [6.45, 7) is 2.25. The van der Waals surface area contributed by atoms with E-state index in [4.69, 9.17) is 5.73 Å². The van der Waals surface area contributed by atoms with Crippen LogP contribution in [-0.2, 0) is 4.79 Å². The number of fused-ring (bicyclic) bond motifs is 1. The minimum absolute atomic E-state index is 0.0821. The zero-order chi connectivity index (χ0) is 13.8. The number of thiophene rings is 1. The van der Waals surface area contributed by atoms with Crippen LogP contribution in [0.2, 0.25) is 0 Å². The van der Waals surface area contributed by atoms with E-state index in [0.29, 0.717) is 27.5 Å². The number of likely N-dealkylation sites (N-methyl/N-ethyl adjacent to an activating group) is 1. The average Bonchev–Trinajstić information content (AvgIpc) is 2.74. The van der Waals surface area contributed by atoms with Crippen molar-refractivity contribution in [1.29, 1.82) is 0 Å². The first-order valence-electron chi connectivity index (χ1n) is 5.67. The maximum Gasteiger partial charge on any atom is 0.264 e. The van der Waals surface area contributed by atoms with Crippen LogP contribution in [0.5, 0.6) is 0 Å². The Balaban J connectivity index is 2.13. The maximum absolute atomic E-state index is 11.9. The summed E-state index contributed by atoms with van der Waals surface area (Å²) in [5.41, 5.74) is 6.65. The van der Waals surface area contributed by atoms with Gasteiger partial charge in [0.15, 0.2) is 0 Å². The van der Waals surface area contributed by atoms with Gasteiger partial charge in [0.05, 0.1) is 12.2 Å². The number of hydrogen-bond donors (Lipinski definition) is 3. The second-order valence-corrected chi connectivity index (χ2v) is 4.69. The van der Waals surface area contributed by atoms with E-state index in [1.165, 1.54) is 12.4 Å². The van der Waals surface area contributed by atoms with Gasteiger partial charge in [-0.15, -0.1) is 11.3 Å². The van der Waals surface area contributed by atoms with Crippen LogP contribution in [-0.4, -0.2) is 34.9 Å². The lowest BCUT2D eigenvalue weighted by molar-refractivity contribution is -0.120. The Morgan fingerprint density at radius 1 is 1.32 bits per heavy atom. The Bertz CT molecular complexity index is 625. The number of nitrogen functional groups attached to an aromatic ring is 1. The molecule has 19 heavy (non-hydrogen) atoms. The monoisotopic (exact) mass is 279 g/mol. The fraction of sp³-hybridized carbons (Fsp3) is 0.273. The van der Waals surface area contributed by atoms with Gasteiger partial charge in [-0.1, -0.05) is 0 Å². The van der Waals surface area contributed by atoms with E-state index in [1.807, 2.05) is 0 Å². The van der Waals surface area contributed by atoms with Gasteiger partial charge >= 0.3 is 0 Å². The highest BCUT2D eigenvalue weighted by atomic mass is 32.1. The molecule has 0 saturated heterocycles. The molecule has 2 heterocycles. The smallest absolute Gasteiger partial charge is 0.264 e. The predicted molar refractivity (Wildman–Crippen MR) is 72.8 cm³/mol. The first-order chi connectivity index (χ1) is 9.13. The Hall–Kier alpha value is -2.22. The van der Waals surface area contributed by atoms with Crippen LogP contribution in [0.25, 0.3) is 10.3 Å². The number of aromatic nitrogens is 2. The molecular formula is C11H13N5O2S. The third-order valence-electron chi connectivity index (χ3n) is 2.35. The third kappa shape index (κ3) is 2.79. The zero-order valence-electron chi connectivity index (χ0n) is 10.3.